The van der Waals surface area contributed by atoms with Gasteiger partial charge in [-0.25, -0.2) is 0 Å². The van der Waals surface area contributed by atoms with Crippen molar-refractivity contribution in [3.05, 3.63) is 6.92 Å². The molecule has 0 aromatic carbocycles. The van der Waals surface area contributed by atoms with Crippen molar-refractivity contribution in [2.45, 2.75) is 0 Å². The van der Waals surface area contributed by atoms with Gasteiger partial charge in [0.25, 0.3) is 5.91 Å². The van der Waals surface area contributed by atoms with E-state index in [2.05, 4.69) is 18.6 Å². The molecule has 0 rings (SSSR count). The van der Waals surface area contributed by atoms with Gasteiger partial charge in [0.2, 0.25) is 0 Å². The summed E-state index contributed by atoms with van der Waals surface area (Å²) in [5.41, 5.74) is 4.55. The number of carbonyl (C=O) groups excluding carboxylic acids is 1. The maximum Gasteiger partial charge on any atom is 0.293 e. The Morgan fingerprint density at radius 1 is 1.83 bits per heavy atom. The Morgan fingerprint density at radius 3 is 2.33 bits per heavy atom. The molecule has 6 heavy (non-hydrogen) atoms. The molecule has 2 nitrogen and oxygen atoms in total. The van der Waals surface area contributed by atoms with Gasteiger partial charge in [0.15, 0.2) is 0 Å². The summed E-state index contributed by atoms with van der Waals surface area (Å²) >= 11 is 0. The third-order valence-electron chi connectivity index (χ3n) is 0.212. The Kier molecular flexibility index (Phi) is 1.91. The van der Waals surface area contributed by atoms with Crippen molar-refractivity contribution in [2.24, 2.45) is 5.73 Å². The lowest BCUT2D eigenvalue weighted by Gasteiger charge is -1.64. The largest absolute Gasteiger partial charge is 0.359 e. The molecule has 0 aliphatic carbocycles. The van der Waals surface area contributed by atoms with Crippen LogP contribution in [0.3, 0.4) is 0 Å². The molecule has 0 fully saturated rings. The number of primary amides is 1. The topological polar surface area (TPSA) is 43.1 Å². The van der Waals surface area contributed by atoms with Gasteiger partial charge in [0.05, 0.1) is 0 Å². The van der Waals surface area contributed by atoms with Crippen LogP contribution in [0, 0.1) is 18.8 Å². The highest BCUT2D eigenvalue weighted by Crippen LogP contribution is 1.45. The molecular weight excluding hydrogens is 78.0 g/mol. The van der Waals surface area contributed by atoms with E-state index < -0.39 is 5.91 Å². The molecule has 1 radical (unpaired) electrons. The van der Waals surface area contributed by atoms with Crippen molar-refractivity contribution in [1.82, 2.24) is 0 Å². The van der Waals surface area contributed by atoms with Crippen LogP contribution < -0.4 is 5.73 Å². The first-order chi connectivity index (χ1) is 2.77. The van der Waals surface area contributed by atoms with Gasteiger partial charge in [-0.2, -0.15) is 0 Å². The second-order valence-electron chi connectivity index (χ2n) is 0.666. The van der Waals surface area contributed by atoms with Crippen molar-refractivity contribution >= 4 is 5.91 Å². The van der Waals surface area contributed by atoms with Crippen LogP contribution in [0.15, 0.2) is 0 Å². The van der Waals surface area contributed by atoms with Crippen LogP contribution in [0.2, 0.25) is 0 Å². The standard InChI is InChI=1S/C4H4NO/c1-2-3-4(5)6/h1H2,(H2,5,6). The van der Waals surface area contributed by atoms with Crippen LogP contribution in [0.5, 0.6) is 0 Å². The van der Waals surface area contributed by atoms with Gasteiger partial charge in [-0.15, -0.1) is 0 Å². The molecule has 31 valence electrons. The minimum atomic E-state index is -0.634. The van der Waals surface area contributed by atoms with Crippen LogP contribution in [0.25, 0.3) is 0 Å². The molecule has 0 spiro atoms. The van der Waals surface area contributed by atoms with E-state index in [1.54, 1.807) is 0 Å². The van der Waals surface area contributed by atoms with Gasteiger partial charge in [-0.05, 0) is 5.92 Å². The molecular formula is C4H4NO. The van der Waals surface area contributed by atoms with Gasteiger partial charge in [0, 0.05) is 6.92 Å². The molecule has 0 heterocycles. The molecule has 0 aliphatic rings. The highest BCUT2D eigenvalue weighted by atomic mass is 16.1. The van der Waals surface area contributed by atoms with E-state index in [1.807, 2.05) is 5.92 Å². The molecule has 0 aliphatic heterocycles. The van der Waals surface area contributed by atoms with E-state index >= 15 is 0 Å². The summed E-state index contributed by atoms with van der Waals surface area (Å²) in [6.45, 7) is 3.06. The van der Waals surface area contributed by atoms with Crippen molar-refractivity contribution in [3.63, 3.8) is 0 Å². The molecule has 2 heteroatoms. The van der Waals surface area contributed by atoms with Crippen molar-refractivity contribution in [2.75, 3.05) is 0 Å². The zero-order chi connectivity index (χ0) is 4.99. The number of carbonyl (C=O) groups is 1. The fourth-order valence-electron chi connectivity index (χ4n) is 0.0871. The molecule has 0 bridgehead atoms. The lowest BCUT2D eigenvalue weighted by molar-refractivity contribution is -0.112. The summed E-state index contributed by atoms with van der Waals surface area (Å²) < 4.78 is 0. The van der Waals surface area contributed by atoms with Crippen molar-refractivity contribution in [3.8, 4) is 11.8 Å². The Hall–Kier alpha value is -0.970. The SMILES string of the molecule is [CH2]C#CC(N)=O. The molecule has 1 amide bonds. The van der Waals surface area contributed by atoms with Crippen LogP contribution >= 0.6 is 0 Å². The summed E-state index contributed by atoms with van der Waals surface area (Å²) in [4.78, 5) is 9.61. The summed E-state index contributed by atoms with van der Waals surface area (Å²) in [5.74, 6) is 3.44. The van der Waals surface area contributed by atoms with E-state index in [4.69, 9.17) is 0 Å². The smallest absolute Gasteiger partial charge is 0.293 e. The Labute approximate surface area is 36.3 Å². The third kappa shape index (κ3) is 3.03. The number of amides is 1. The quantitative estimate of drug-likeness (QED) is 0.386. The first-order valence-electron chi connectivity index (χ1n) is 1.35. The fourth-order valence-corrected chi connectivity index (χ4v) is 0.0871. The average Bonchev–Trinajstić information content (AvgIpc) is 1.35. The summed E-state index contributed by atoms with van der Waals surface area (Å²) in [6, 6.07) is 0. The van der Waals surface area contributed by atoms with E-state index in [0.717, 1.165) is 0 Å². The summed E-state index contributed by atoms with van der Waals surface area (Å²) in [5, 5.41) is 0. The predicted molar refractivity (Wildman–Crippen MR) is 22.3 cm³/mol. The molecule has 0 saturated carbocycles. The lowest BCUT2D eigenvalue weighted by Crippen LogP contribution is -2.05. The van der Waals surface area contributed by atoms with E-state index in [1.165, 1.54) is 0 Å². The number of rotatable bonds is 0. The Morgan fingerprint density at radius 2 is 2.33 bits per heavy atom. The highest BCUT2D eigenvalue weighted by Gasteiger charge is 1.72. The van der Waals surface area contributed by atoms with Crippen LogP contribution in [0.4, 0.5) is 0 Å². The predicted octanol–water partition coefficient (Wildman–Crippen LogP) is -0.691. The first-order valence-corrected chi connectivity index (χ1v) is 1.35. The number of hydrogen-bond acceptors (Lipinski definition) is 1. The third-order valence-corrected chi connectivity index (χ3v) is 0.212. The highest BCUT2D eigenvalue weighted by molar-refractivity contribution is 5.91. The minimum Gasteiger partial charge on any atom is -0.359 e. The second-order valence-corrected chi connectivity index (χ2v) is 0.666. The average molecular weight is 82.1 g/mol. The summed E-state index contributed by atoms with van der Waals surface area (Å²) in [7, 11) is 0. The van der Waals surface area contributed by atoms with E-state index in [9.17, 15) is 4.79 Å². The van der Waals surface area contributed by atoms with Crippen molar-refractivity contribution < 1.29 is 4.79 Å². The normalized spacial score (nSPS) is 5.50. The zero-order valence-electron chi connectivity index (χ0n) is 3.19. The Balaban J connectivity index is 3.50. The van der Waals surface area contributed by atoms with Gasteiger partial charge in [-0.1, -0.05) is 5.92 Å². The van der Waals surface area contributed by atoms with E-state index in [-0.39, 0.29) is 0 Å². The van der Waals surface area contributed by atoms with Gasteiger partial charge >= 0.3 is 0 Å². The zero-order valence-corrected chi connectivity index (χ0v) is 3.19. The molecule has 2 N–H and O–H groups in total. The molecule has 0 saturated heterocycles. The number of nitrogens with two attached hydrogens (primary N) is 1. The number of hydrogen-bond donors (Lipinski definition) is 1. The first kappa shape index (κ1) is 5.03. The van der Waals surface area contributed by atoms with Crippen LogP contribution in [-0.2, 0) is 4.79 Å². The van der Waals surface area contributed by atoms with Gasteiger partial charge in [0.1, 0.15) is 0 Å². The fraction of sp³-hybridized carbons (Fsp3) is 0. The maximum absolute atomic E-state index is 9.61. The van der Waals surface area contributed by atoms with Crippen molar-refractivity contribution in [1.29, 1.82) is 0 Å². The second kappa shape index (κ2) is 2.28. The summed E-state index contributed by atoms with van der Waals surface area (Å²) in [6.07, 6.45) is 0. The van der Waals surface area contributed by atoms with Crippen LogP contribution in [0.1, 0.15) is 0 Å². The van der Waals surface area contributed by atoms with E-state index in [0.29, 0.717) is 0 Å². The molecule has 0 aromatic heterocycles. The molecule has 0 unspecified atom stereocenters. The lowest BCUT2D eigenvalue weighted by atomic mass is 10.6. The van der Waals surface area contributed by atoms with Gasteiger partial charge in [-0.3, -0.25) is 4.79 Å². The van der Waals surface area contributed by atoms with Gasteiger partial charge < -0.3 is 5.73 Å². The Bertz CT molecular complexity index is 106. The monoisotopic (exact) mass is 82.0 g/mol. The molecule has 0 atom stereocenters. The van der Waals surface area contributed by atoms with Crippen LogP contribution in [-0.4, -0.2) is 5.91 Å². The maximum atomic E-state index is 9.61. The minimum absolute atomic E-state index is 0.634. The molecule has 0 aromatic rings.